The Labute approximate surface area is 135 Å². The number of hydrogen-bond donors (Lipinski definition) is 5. The van der Waals surface area contributed by atoms with Crippen LogP contribution in [0, 0.1) is 6.92 Å². The molecule has 3 rings (SSSR count). The van der Waals surface area contributed by atoms with E-state index in [0.717, 1.165) is 26.2 Å². The second-order valence-electron chi connectivity index (χ2n) is 4.64. The van der Waals surface area contributed by atoms with Crippen molar-refractivity contribution in [3.63, 3.8) is 0 Å². The van der Waals surface area contributed by atoms with Gasteiger partial charge in [0, 0.05) is 31.1 Å². The molecule has 0 amide bonds. The van der Waals surface area contributed by atoms with E-state index in [1.165, 1.54) is 16.0 Å². The summed E-state index contributed by atoms with van der Waals surface area (Å²) in [6, 6.07) is 12.7. The fourth-order valence-electron chi connectivity index (χ4n) is 1.88. The van der Waals surface area contributed by atoms with Gasteiger partial charge < -0.3 is 25.7 Å². The van der Waals surface area contributed by atoms with Gasteiger partial charge in [-0.2, -0.15) is 0 Å². The lowest BCUT2D eigenvalue weighted by molar-refractivity contribution is 0.278. The number of hydrogen-bond acceptors (Lipinski definition) is 6. The first-order valence-electron chi connectivity index (χ1n) is 7.16. The summed E-state index contributed by atoms with van der Waals surface area (Å²) in [7, 11) is -2.17. The average molecular weight is 322 g/mol. The van der Waals surface area contributed by atoms with Crippen LogP contribution in [-0.4, -0.2) is 48.6 Å². The molecule has 5 N–H and O–H groups in total. The lowest BCUT2D eigenvalue weighted by Gasteiger charge is -2.11. The smallest absolute Gasteiger partial charge is 0.402 e. The maximum absolute atomic E-state index is 7.17. The van der Waals surface area contributed by atoms with Gasteiger partial charge >= 0.3 is 7.32 Å². The second kappa shape index (κ2) is 11.4. The summed E-state index contributed by atoms with van der Waals surface area (Å²) in [6.07, 6.45) is 0. The predicted octanol–water partition coefficient (Wildman–Crippen LogP) is 0.851. The van der Waals surface area contributed by atoms with Crippen LogP contribution in [0.1, 0.15) is 5.56 Å². The number of rotatable bonds is 1. The monoisotopic (exact) mass is 322 g/mol. The van der Waals surface area contributed by atoms with Crippen LogP contribution in [0.3, 0.4) is 0 Å². The number of nitrogens with one attached hydrogen (secondary N) is 2. The SMILES string of the molecule is C1CNCCN1.Cc1ccccc1-c1cccs1.OB(O)O. The van der Waals surface area contributed by atoms with Crippen LogP contribution in [0.2, 0.25) is 0 Å². The maximum atomic E-state index is 7.17. The van der Waals surface area contributed by atoms with E-state index in [0.29, 0.717) is 0 Å². The molecular formula is C15H23BN2O3S. The Morgan fingerprint density at radius 1 is 0.909 bits per heavy atom. The van der Waals surface area contributed by atoms with E-state index >= 15 is 0 Å². The van der Waals surface area contributed by atoms with Gasteiger partial charge in [0.1, 0.15) is 0 Å². The van der Waals surface area contributed by atoms with Gasteiger partial charge in [-0.25, -0.2) is 0 Å². The Kier molecular flexibility index (Phi) is 9.73. The maximum Gasteiger partial charge on any atom is 0.631 e. The Morgan fingerprint density at radius 3 is 1.86 bits per heavy atom. The van der Waals surface area contributed by atoms with Gasteiger partial charge in [-0.15, -0.1) is 11.3 Å². The first kappa shape index (κ1) is 18.8. The van der Waals surface area contributed by atoms with Gasteiger partial charge in [0.2, 0.25) is 0 Å². The highest BCUT2D eigenvalue weighted by atomic mass is 32.1. The lowest BCUT2D eigenvalue weighted by atomic mass is 10.1. The lowest BCUT2D eigenvalue weighted by Crippen LogP contribution is -2.39. The number of thiophene rings is 1. The van der Waals surface area contributed by atoms with Gasteiger partial charge in [0.15, 0.2) is 0 Å². The predicted molar refractivity (Wildman–Crippen MR) is 92.6 cm³/mol. The molecule has 1 aromatic heterocycles. The van der Waals surface area contributed by atoms with Crippen molar-refractivity contribution in [2.45, 2.75) is 6.92 Å². The van der Waals surface area contributed by atoms with Crippen molar-refractivity contribution in [3.05, 3.63) is 47.3 Å². The molecule has 0 bridgehead atoms. The Morgan fingerprint density at radius 2 is 1.45 bits per heavy atom. The van der Waals surface area contributed by atoms with Crippen LogP contribution in [0.5, 0.6) is 0 Å². The molecule has 2 heterocycles. The van der Waals surface area contributed by atoms with Crippen molar-refractivity contribution in [2.24, 2.45) is 0 Å². The first-order valence-corrected chi connectivity index (χ1v) is 8.04. The fourth-order valence-corrected chi connectivity index (χ4v) is 2.70. The molecule has 0 radical (unpaired) electrons. The normalized spacial score (nSPS) is 13.3. The van der Waals surface area contributed by atoms with Crippen molar-refractivity contribution in [2.75, 3.05) is 26.2 Å². The fraction of sp³-hybridized carbons (Fsp3) is 0.333. The zero-order chi connectivity index (χ0) is 16.2. The molecule has 2 aromatic rings. The second-order valence-corrected chi connectivity index (χ2v) is 5.59. The molecule has 0 spiro atoms. The van der Waals surface area contributed by atoms with Crippen LogP contribution in [0.4, 0.5) is 0 Å². The minimum absolute atomic E-state index is 1.14. The molecule has 1 aliphatic rings. The Balaban J connectivity index is 0.000000203. The average Bonchev–Trinajstić information content (AvgIpc) is 3.04. The van der Waals surface area contributed by atoms with Crippen LogP contribution in [0.15, 0.2) is 41.8 Å². The van der Waals surface area contributed by atoms with Crippen molar-refractivity contribution >= 4 is 18.7 Å². The van der Waals surface area contributed by atoms with Gasteiger partial charge in [-0.3, -0.25) is 0 Å². The highest BCUT2D eigenvalue weighted by Gasteiger charge is 1.99. The molecule has 1 aliphatic heterocycles. The van der Waals surface area contributed by atoms with E-state index in [4.69, 9.17) is 15.1 Å². The number of piperazine rings is 1. The Bertz CT molecular complexity index is 491. The molecule has 5 nitrogen and oxygen atoms in total. The van der Waals surface area contributed by atoms with Crippen molar-refractivity contribution < 1.29 is 15.1 Å². The van der Waals surface area contributed by atoms with Crippen LogP contribution < -0.4 is 10.6 Å². The molecule has 1 saturated heterocycles. The van der Waals surface area contributed by atoms with Crippen LogP contribution in [0.25, 0.3) is 10.4 Å². The van der Waals surface area contributed by atoms with Crippen molar-refractivity contribution in [1.29, 1.82) is 0 Å². The van der Waals surface area contributed by atoms with Crippen LogP contribution >= 0.6 is 11.3 Å². The van der Waals surface area contributed by atoms with E-state index in [1.54, 1.807) is 11.3 Å². The molecule has 22 heavy (non-hydrogen) atoms. The van der Waals surface area contributed by atoms with E-state index in [1.807, 2.05) is 0 Å². The Hall–Kier alpha value is -1.22. The van der Waals surface area contributed by atoms with Gasteiger partial charge in [-0.05, 0) is 29.5 Å². The van der Waals surface area contributed by atoms with Crippen molar-refractivity contribution in [3.8, 4) is 10.4 Å². The summed E-state index contributed by atoms with van der Waals surface area (Å²) in [4.78, 5) is 1.35. The van der Waals surface area contributed by atoms with E-state index < -0.39 is 7.32 Å². The van der Waals surface area contributed by atoms with E-state index in [2.05, 4.69) is 59.3 Å². The highest BCUT2D eigenvalue weighted by molar-refractivity contribution is 7.13. The van der Waals surface area contributed by atoms with Crippen molar-refractivity contribution in [1.82, 2.24) is 10.6 Å². The van der Waals surface area contributed by atoms with Crippen LogP contribution in [-0.2, 0) is 0 Å². The summed E-state index contributed by atoms with van der Waals surface area (Å²) >= 11 is 1.79. The molecule has 1 aromatic carbocycles. The molecule has 120 valence electrons. The number of aryl methyl sites for hydroxylation is 1. The van der Waals surface area contributed by atoms with Gasteiger partial charge in [0.25, 0.3) is 0 Å². The topological polar surface area (TPSA) is 84.8 Å². The van der Waals surface area contributed by atoms with Gasteiger partial charge in [0.05, 0.1) is 0 Å². The zero-order valence-corrected chi connectivity index (χ0v) is 13.5. The highest BCUT2D eigenvalue weighted by Crippen LogP contribution is 2.26. The molecule has 7 heteroatoms. The third-order valence-corrected chi connectivity index (χ3v) is 3.79. The van der Waals surface area contributed by atoms with E-state index in [-0.39, 0.29) is 0 Å². The largest absolute Gasteiger partial charge is 0.631 e. The minimum atomic E-state index is -2.17. The summed E-state index contributed by atoms with van der Waals surface area (Å²) in [5, 5.41) is 30.1. The zero-order valence-electron chi connectivity index (χ0n) is 12.7. The first-order chi connectivity index (χ1) is 10.6. The quantitative estimate of drug-likeness (QED) is 0.503. The summed E-state index contributed by atoms with van der Waals surface area (Å²) in [6.45, 7) is 6.70. The molecule has 1 fully saturated rings. The molecule has 0 saturated carbocycles. The summed E-state index contributed by atoms with van der Waals surface area (Å²) in [5.41, 5.74) is 2.70. The third-order valence-electron chi connectivity index (χ3n) is 2.89. The third kappa shape index (κ3) is 8.28. The molecule has 0 atom stereocenters. The standard InChI is InChI=1S/C11H10S.C4H10N2.BH3O3/c1-9-5-2-3-6-10(9)11-7-4-8-12-11;1-2-6-4-3-5-1;2-1(3)4/h2-8H,1H3;5-6H,1-4H2;2-4H. The number of benzene rings is 1. The summed E-state index contributed by atoms with van der Waals surface area (Å²) in [5.74, 6) is 0. The summed E-state index contributed by atoms with van der Waals surface area (Å²) < 4.78 is 0. The molecular weight excluding hydrogens is 299 g/mol. The van der Waals surface area contributed by atoms with E-state index in [9.17, 15) is 0 Å². The van der Waals surface area contributed by atoms with Gasteiger partial charge in [-0.1, -0.05) is 30.3 Å². The molecule has 0 aliphatic carbocycles. The minimum Gasteiger partial charge on any atom is -0.402 e. The molecule has 0 unspecified atom stereocenters.